The van der Waals surface area contributed by atoms with E-state index in [0.717, 1.165) is 31.2 Å². The molecule has 0 saturated carbocycles. The van der Waals surface area contributed by atoms with E-state index in [1.54, 1.807) is 0 Å². The highest BCUT2D eigenvalue weighted by Crippen LogP contribution is 2.23. The zero-order chi connectivity index (χ0) is 15.2. The molecule has 1 fully saturated rings. The number of benzene rings is 1. The van der Waals surface area contributed by atoms with Gasteiger partial charge >= 0.3 is 0 Å². The number of nitrogens with zero attached hydrogens (tertiary/aromatic N) is 2. The van der Waals surface area contributed by atoms with Crippen LogP contribution in [0.3, 0.4) is 0 Å². The van der Waals surface area contributed by atoms with E-state index < -0.39 is 0 Å². The maximum absolute atomic E-state index is 11.6. The molecule has 116 valence electrons. The van der Waals surface area contributed by atoms with E-state index in [9.17, 15) is 4.79 Å². The first-order valence-corrected chi connectivity index (χ1v) is 7.92. The van der Waals surface area contributed by atoms with E-state index in [0.29, 0.717) is 13.0 Å². The molecule has 0 bridgehead atoms. The van der Waals surface area contributed by atoms with Gasteiger partial charge in [0.25, 0.3) is 0 Å². The molecule has 1 aliphatic heterocycles. The van der Waals surface area contributed by atoms with E-state index in [1.807, 2.05) is 19.1 Å². The van der Waals surface area contributed by atoms with Crippen molar-refractivity contribution in [3.63, 3.8) is 0 Å². The van der Waals surface area contributed by atoms with Gasteiger partial charge in [0.15, 0.2) is 0 Å². The molecule has 1 atom stereocenters. The summed E-state index contributed by atoms with van der Waals surface area (Å²) < 4.78 is 0. The monoisotopic (exact) mass is 309 g/mol. The van der Waals surface area contributed by atoms with Crippen molar-refractivity contribution in [2.75, 3.05) is 39.8 Å². The molecule has 0 aliphatic carbocycles. The van der Waals surface area contributed by atoms with Gasteiger partial charge < -0.3 is 10.2 Å². The Balaban J connectivity index is 2.09. The van der Waals surface area contributed by atoms with E-state index >= 15 is 0 Å². The van der Waals surface area contributed by atoms with Crippen LogP contribution in [-0.2, 0) is 4.79 Å². The first kappa shape index (κ1) is 16.3. The Bertz CT molecular complexity index is 455. The van der Waals surface area contributed by atoms with E-state index in [1.165, 1.54) is 5.56 Å². The van der Waals surface area contributed by atoms with Crippen LogP contribution >= 0.6 is 11.6 Å². The van der Waals surface area contributed by atoms with Gasteiger partial charge in [-0.05, 0) is 24.7 Å². The molecule has 2 rings (SSSR count). The highest BCUT2D eigenvalue weighted by atomic mass is 35.5. The van der Waals surface area contributed by atoms with Crippen molar-refractivity contribution in [2.45, 2.75) is 19.4 Å². The molecular formula is C16H24ClN3O. The topological polar surface area (TPSA) is 35.6 Å². The third kappa shape index (κ3) is 4.70. The minimum absolute atomic E-state index is 0.100. The number of hydrogen-bond acceptors (Lipinski definition) is 3. The fourth-order valence-electron chi connectivity index (χ4n) is 2.61. The van der Waals surface area contributed by atoms with Gasteiger partial charge in [-0.25, -0.2) is 0 Å². The van der Waals surface area contributed by atoms with Crippen LogP contribution < -0.4 is 5.32 Å². The number of rotatable bonds is 5. The maximum atomic E-state index is 11.6. The van der Waals surface area contributed by atoms with E-state index in [2.05, 4.69) is 34.3 Å². The first-order chi connectivity index (χ1) is 10.1. The predicted octanol–water partition coefficient (Wildman–Crippen LogP) is 2.15. The number of amides is 1. The van der Waals surface area contributed by atoms with Gasteiger partial charge in [-0.15, -0.1) is 0 Å². The zero-order valence-electron chi connectivity index (χ0n) is 12.8. The molecule has 4 nitrogen and oxygen atoms in total. The zero-order valence-corrected chi connectivity index (χ0v) is 13.6. The van der Waals surface area contributed by atoms with Crippen LogP contribution in [0.1, 0.15) is 24.9 Å². The van der Waals surface area contributed by atoms with Gasteiger partial charge in [0.1, 0.15) is 0 Å². The van der Waals surface area contributed by atoms with Crippen molar-refractivity contribution in [3.8, 4) is 0 Å². The maximum Gasteiger partial charge on any atom is 0.219 e. The van der Waals surface area contributed by atoms with Crippen molar-refractivity contribution in [3.05, 3.63) is 34.9 Å². The third-order valence-corrected chi connectivity index (χ3v) is 4.30. The largest absolute Gasteiger partial charge is 0.354 e. The summed E-state index contributed by atoms with van der Waals surface area (Å²) in [6.07, 6.45) is 0.524. The van der Waals surface area contributed by atoms with Crippen molar-refractivity contribution >= 4 is 17.5 Å². The number of halogens is 1. The number of carbonyl (C=O) groups excluding carboxylic acids is 1. The molecule has 1 aromatic carbocycles. The minimum atomic E-state index is 0.100. The van der Waals surface area contributed by atoms with Crippen LogP contribution in [0.2, 0.25) is 5.02 Å². The summed E-state index contributed by atoms with van der Waals surface area (Å²) in [5, 5.41) is 3.77. The summed E-state index contributed by atoms with van der Waals surface area (Å²) in [4.78, 5) is 16.4. The fourth-order valence-corrected chi connectivity index (χ4v) is 2.74. The SMILES string of the molecule is CCC(=O)NC[C@H](c1ccc(Cl)cc1)N1CCN(C)CC1. The van der Waals surface area contributed by atoms with Crippen molar-refractivity contribution in [2.24, 2.45) is 0 Å². The van der Waals surface area contributed by atoms with Crippen molar-refractivity contribution < 1.29 is 4.79 Å². The minimum Gasteiger partial charge on any atom is -0.354 e. The Morgan fingerprint density at radius 3 is 2.43 bits per heavy atom. The van der Waals surface area contributed by atoms with Crippen LogP contribution in [0.4, 0.5) is 0 Å². The van der Waals surface area contributed by atoms with Crippen LogP contribution in [0, 0.1) is 0 Å². The second-order valence-electron chi connectivity index (χ2n) is 5.56. The number of piperazine rings is 1. The lowest BCUT2D eigenvalue weighted by atomic mass is 10.0. The molecule has 1 heterocycles. The third-order valence-electron chi connectivity index (χ3n) is 4.05. The molecule has 5 heteroatoms. The summed E-state index contributed by atoms with van der Waals surface area (Å²) in [5.41, 5.74) is 1.21. The molecule has 0 aromatic heterocycles. The Morgan fingerprint density at radius 1 is 1.24 bits per heavy atom. The Hall–Kier alpha value is -1.10. The Morgan fingerprint density at radius 2 is 1.86 bits per heavy atom. The fraction of sp³-hybridized carbons (Fsp3) is 0.562. The molecule has 1 aromatic rings. The average molecular weight is 310 g/mol. The summed E-state index contributed by atoms with van der Waals surface area (Å²) in [6.45, 7) is 6.69. The predicted molar refractivity (Wildman–Crippen MR) is 86.6 cm³/mol. The second kappa shape index (κ2) is 7.78. The first-order valence-electron chi connectivity index (χ1n) is 7.55. The molecule has 21 heavy (non-hydrogen) atoms. The molecule has 0 radical (unpaired) electrons. The normalized spacial score (nSPS) is 18.4. The van der Waals surface area contributed by atoms with Gasteiger partial charge in [0, 0.05) is 44.2 Å². The number of likely N-dealkylation sites (N-methyl/N-ethyl adjacent to an activating group) is 1. The van der Waals surface area contributed by atoms with E-state index in [4.69, 9.17) is 11.6 Å². The number of nitrogens with one attached hydrogen (secondary N) is 1. The number of hydrogen-bond donors (Lipinski definition) is 1. The molecule has 1 N–H and O–H groups in total. The summed E-state index contributed by atoms with van der Waals surface area (Å²) in [6, 6.07) is 8.17. The van der Waals surface area contributed by atoms with Crippen molar-refractivity contribution in [1.82, 2.24) is 15.1 Å². The van der Waals surface area contributed by atoms with Crippen molar-refractivity contribution in [1.29, 1.82) is 0 Å². The van der Waals surface area contributed by atoms with Crippen LogP contribution in [0.5, 0.6) is 0 Å². The molecule has 1 aliphatic rings. The van der Waals surface area contributed by atoms with Gasteiger partial charge in [-0.1, -0.05) is 30.7 Å². The van der Waals surface area contributed by atoms with Gasteiger partial charge in [-0.2, -0.15) is 0 Å². The number of carbonyl (C=O) groups is 1. The van der Waals surface area contributed by atoms with Crippen LogP contribution in [0.25, 0.3) is 0 Å². The lowest BCUT2D eigenvalue weighted by Gasteiger charge is -2.38. The van der Waals surface area contributed by atoms with Gasteiger partial charge in [0.2, 0.25) is 5.91 Å². The van der Waals surface area contributed by atoms with Crippen LogP contribution in [0.15, 0.2) is 24.3 Å². The van der Waals surface area contributed by atoms with E-state index in [-0.39, 0.29) is 11.9 Å². The molecule has 0 unspecified atom stereocenters. The van der Waals surface area contributed by atoms with Gasteiger partial charge in [-0.3, -0.25) is 9.69 Å². The van der Waals surface area contributed by atoms with Gasteiger partial charge in [0.05, 0.1) is 6.04 Å². The molecule has 0 spiro atoms. The average Bonchev–Trinajstić information content (AvgIpc) is 2.50. The summed E-state index contributed by atoms with van der Waals surface area (Å²) >= 11 is 5.98. The quantitative estimate of drug-likeness (QED) is 0.905. The smallest absolute Gasteiger partial charge is 0.219 e. The molecule has 1 saturated heterocycles. The standard InChI is InChI=1S/C16H24ClN3O/c1-3-16(21)18-12-15(13-4-6-14(17)7-5-13)20-10-8-19(2)9-11-20/h4-7,15H,3,8-12H2,1-2H3,(H,18,21)/t15-/m1/s1. The Labute approximate surface area is 132 Å². The molecule has 1 amide bonds. The summed E-state index contributed by atoms with van der Waals surface area (Å²) in [7, 11) is 2.15. The lowest BCUT2D eigenvalue weighted by Crippen LogP contribution is -2.48. The lowest BCUT2D eigenvalue weighted by molar-refractivity contribution is -0.121. The highest BCUT2D eigenvalue weighted by molar-refractivity contribution is 6.30. The second-order valence-corrected chi connectivity index (χ2v) is 6.00. The highest BCUT2D eigenvalue weighted by Gasteiger charge is 2.24. The Kier molecular flexibility index (Phi) is 6.03. The summed E-state index contributed by atoms with van der Waals surface area (Å²) in [5.74, 6) is 0.100. The van der Waals surface area contributed by atoms with Crippen LogP contribution in [-0.4, -0.2) is 55.5 Å². The molecular weight excluding hydrogens is 286 g/mol.